The van der Waals surface area contributed by atoms with Crippen molar-refractivity contribution in [1.29, 1.82) is 0 Å². The molecule has 1 N–H and O–H groups in total. The molecule has 3 rings (SSSR count). The number of likely N-dealkylation sites (tertiary alicyclic amines) is 1. The number of aliphatic imine (C=N–C) groups is 1. The summed E-state index contributed by atoms with van der Waals surface area (Å²) in [5.41, 5.74) is 0.331. The normalized spacial score (nSPS) is 25.2. The molecule has 0 bridgehead atoms. The molecular formula is C17H23F2N3. The summed E-state index contributed by atoms with van der Waals surface area (Å²) in [5, 5.41) is 3.17. The van der Waals surface area contributed by atoms with Crippen LogP contribution in [0.25, 0.3) is 0 Å². The molecule has 2 aliphatic rings. The molecule has 0 aromatic heterocycles. The van der Waals surface area contributed by atoms with E-state index in [0.717, 1.165) is 37.0 Å². The van der Waals surface area contributed by atoms with E-state index < -0.39 is 5.82 Å². The van der Waals surface area contributed by atoms with E-state index in [1.165, 1.54) is 37.8 Å². The lowest BCUT2D eigenvalue weighted by atomic mass is 9.82. The molecule has 0 spiro atoms. The van der Waals surface area contributed by atoms with Crippen molar-refractivity contribution in [3.05, 3.63) is 35.4 Å². The van der Waals surface area contributed by atoms with Gasteiger partial charge < -0.3 is 10.2 Å². The molecule has 2 atom stereocenters. The quantitative estimate of drug-likeness (QED) is 0.671. The first-order valence-corrected chi connectivity index (χ1v) is 8.07. The number of nitrogens with zero attached hydrogens (tertiary/aromatic N) is 2. The van der Waals surface area contributed by atoms with E-state index in [2.05, 4.69) is 15.2 Å². The standard InChI is InChI=1S/C17H23F2N3/c1-20-17(21-9-14-8-15(18)6-7-16(14)19)22-10-12-4-2-3-5-13(12)11-22/h6-8,12-13H,2-5,9-11H2,1H3,(H,20,21). The number of benzene rings is 1. The van der Waals surface area contributed by atoms with Crippen LogP contribution in [0.15, 0.2) is 23.2 Å². The van der Waals surface area contributed by atoms with Gasteiger partial charge in [0.25, 0.3) is 0 Å². The van der Waals surface area contributed by atoms with Gasteiger partial charge in [0.1, 0.15) is 11.6 Å². The molecule has 5 heteroatoms. The zero-order valence-corrected chi connectivity index (χ0v) is 13.0. The number of hydrogen-bond acceptors (Lipinski definition) is 1. The molecular weight excluding hydrogens is 284 g/mol. The predicted octanol–water partition coefficient (Wildman–Crippen LogP) is 3.16. The van der Waals surface area contributed by atoms with Crippen LogP contribution in [0, 0.1) is 23.5 Å². The molecule has 1 heterocycles. The smallest absolute Gasteiger partial charge is 0.193 e. The summed E-state index contributed by atoms with van der Waals surface area (Å²) in [7, 11) is 1.74. The van der Waals surface area contributed by atoms with Gasteiger partial charge in [-0.15, -0.1) is 0 Å². The Morgan fingerprint density at radius 3 is 2.55 bits per heavy atom. The van der Waals surface area contributed by atoms with E-state index >= 15 is 0 Å². The molecule has 3 nitrogen and oxygen atoms in total. The van der Waals surface area contributed by atoms with Crippen LogP contribution in [0.4, 0.5) is 8.78 Å². The maximum absolute atomic E-state index is 13.7. The van der Waals surface area contributed by atoms with Crippen LogP contribution in [-0.2, 0) is 6.54 Å². The minimum atomic E-state index is -0.416. The highest BCUT2D eigenvalue weighted by Crippen LogP contribution is 2.35. The monoisotopic (exact) mass is 307 g/mol. The Balaban J connectivity index is 1.62. The second-order valence-corrected chi connectivity index (χ2v) is 6.35. The molecule has 120 valence electrons. The largest absolute Gasteiger partial charge is 0.352 e. The molecule has 1 aliphatic heterocycles. The minimum Gasteiger partial charge on any atom is -0.352 e. The lowest BCUT2D eigenvalue weighted by Gasteiger charge is -2.22. The second kappa shape index (κ2) is 6.63. The highest BCUT2D eigenvalue weighted by atomic mass is 19.1. The molecule has 1 aromatic rings. The molecule has 1 saturated carbocycles. The third-order valence-electron chi connectivity index (χ3n) is 4.93. The molecule has 1 saturated heterocycles. The van der Waals surface area contributed by atoms with Crippen molar-refractivity contribution >= 4 is 5.96 Å². The zero-order valence-electron chi connectivity index (χ0n) is 13.0. The SMILES string of the molecule is CN=C(NCc1cc(F)ccc1F)N1CC2CCCCC2C1. The summed E-state index contributed by atoms with van der Waals surface area (Å²) in [6.07, 6.45) is 5.26. The predicted molar refractivity (Wildman–Crippen MR) is 83.6 cm³/mol. The van der Waals surface area contributed by atoms with Gasteiger partial charge >= 0.3 is 0 Å². The van der Waals surface area contributed by atoms with Gasteiger partial charge in [0.15, 0.2) is 5.96 Å². The Hall–Kier alpha value is -1.65. The average molecular weight is 307 g/mol. The summed E-state index contributed by atoms with van der Waals surface area (Å²) in [4.78, 5) is 6.57. The van der Waals surface area contributed by atoms with Gasteiger partial charge in [0, 0.05) is 32.2 Å². The molecule has 0 amide bonds. The average Bonchev–Trinajstić information content (AvgIpc) is 2.95. The van der Waals surface area contributed by atoms with Crippen LogP contribution in [0.3, 0.4) is 0 Å². The highest BCUT2D eigenvalue weighted by Gasteiger charge is 2.35. The van der Waals surface area contributed by atoms with Gasteiger partial charge in [-0.2, -0.15) is 0 Å². The summed E-state index contributed by atoms with van der Waals surface area (Å²) in [6.45, 7) is 2.30. The van der Waals surface area contributed by atoms with Crippen molar-refractivity contribution in [3.63, 3.8) is 0 Å². The first kappa shape index (κ1) is 15.3. The van der Waals surface area contributed by atoms with E-state index in [-0.39, 0.29) is 12.4 Å². The van der Waals surface area contributed by atoms with Crippen LogP contribution in [-0.4, -0.2) is 31.0 Å². The summed E-state index contributed by atoms with van der Waals surface area (Å²) in [5.74, 6) is 1.51. The highest BCUT2D eigenvalue weighted by molar-refractivity contribution is 5.80. The number of fused-ring (bicyclic) bond motifs is 1. The molecule has 2 unspecified atom stereocenters. The molecule has 1 aliphatic carbocycles. The van der Waals surface area contributed by atoms with Crippen LogP contribution in [0.5, 0.6) is 0 Å². The molecule has 2 fully saturated rings. The van der Waals surface area contributed by atoms with Crippen molar-refractivity contribution in [3.8, 4) is 0 Å². The second-order valence-electron chi connectivity index (χ2n) is 6.35. The Labute approximate surface area is 130 Å². The van der Waals surface area contributed by atoms with Gasteiger partial charge in [-0.05, 0) is 42.9 Å². The molecule has 0 radical (unpaired) electrons. The fourth-order valence-electron chi connectivity index (χ4n) is 3.76. The maximum atomic E-state index is 13.7. The van der Waals surface area contributed by atoms with Crippen LogP contribution >= 0.6 is 0 Å². The fourth-order valence-corrected chi connectivity index (χ4v) is 3.76. The van der Waals surface area contributed by atoms with Gasteiger partial charge in [-0.3, -0.25) is 4.99 Å². The third-order valence-corrected chi connectivity index (χ3v) is 4.93. The summed E-state index contributed by atoms with van der Waals surface area (Å²) in [6, 6.07) is 3.54. The van der Waals surface area contributed by atoms with E-state index in [1.807, 2.05) is 0 Å². The van der Waals surface area contributed by atoms with Gasteiger partial charge in [-0.25, -0.2) is 8.78 Å². The number of halogens is 2. The summed E-state index contributed by atoms with van der Waals surface area (Å²) >= 11 is 0. The van der Waals surface area contributed by atoms with E-state index in [9.17, 15) is 8.78 Å². The van der Waals surface area contributed by atoms with Crippen molar-refractivity contribution in [2.75, 3.05) is 20.1 Å². The fraction of sp³-hybridized carbons (Fsp3) is 0.588. The topological polar surface area (TPSA) is 27.6 Å². The summed E-state index contributed by atoms with van der Waals surface area (Å²) < 4.78 is 26.9. The number of rotatable bonds is 2. The van der Waals surface area contributed by atoms with Crippen molar-refractivity contribution in [1.82, 2.24) is 10.2 Å². The Morgan fingerprint density at radius 2 is 1.91 bits per heavy atom. The Morgan fingerprint density at radius 1 is 1.23 bits per heavy atom. The van der Waals surface area contributed by atoms with E-state index in [0.29, 0.717) is 5.56 Å². The molecule has 22 heavy (non-hydrogen) atoms. The van der Waals surface area contributed by atoms with Crippen molar-refractivity contribution in [2.45, 2.75) is 32.2 Å². The van der Waals surface area contributed by atoms with Gasteiger partial charge in [0.05, 0.1) is 0 Å². The van der Waals surface area contributed by atoms with Gasteiger partial charge in [0.2, 0.25) is 0 Å². The van der Waals surface area contributed by atoms with Crippen LogP contribution in [0.1, 0.15) is 31.2 Å². The molecule has 1 aromatic carbocycles. The zero-order chi connectivity index (χ0) is 15.5. The van der Waals surface area contributed by atoms with Crippen molar-refractivity contribution in [2.24, 2.45) is 16.8 Å². The minimum absolute atomic E-state index is 0.252. The van der Waals surface area contributed by atoms with Crippen LogP contribution in [0.2, 0.25) is 0 Å². The number of nitrogens with one attached hydrogen (secondary N) is 1. The van der Waals surface area contributed by atoms with Crippen LogP contribution < -0.4 is 5.32 Å². The Bertz CT molecular complexity index is 545. The third kappa shape index (κ3) is 3.23. The lowest BCUT2D eigenvalue weighted by Crippen LogP contribution is -2.40. The first-order valence-electron chi connectivity index (χ1n) is 8.07. The number of hydrogen-bond donors (Lipinski definition) is 1. The Kier molecular flexibility index (Phi) is 4.60. The lowest BCUT2D eigenvalue weighted by molar-refractivity contribution is 0.299. The van der Waals surface area contributed by atoms with E-state index in [1.54, 1.807) is 7.05 Å². The van der Waals surface area contributed by atoms with E-state index in [4.69, 9.17) is 0 Å². The number of guanidine groups is 1. The first-order chi connectivity index (χ1) is 10.7. The van der Waals surface area contributed by atoms with Gasteiger partial charge in [-0.1, -0.05) is 12.8 Å². The maximum Gasteiger partial charge on any atom is 0.193 e. The van der Waals surface area contributed by atoms with Crippen molar-refractivity contribution < 1.29 is 8.78 Å².